The second-order valence-corrected chi connectivity index (χ2v) is 6.65. The number of hydrogen-bond acceptors (Lipinski definition) is 4. The molecule has 1 heterocycles. The zero-order chi connectivity index (χ0) is 18.5. The fourth-order valence-corrected chi connectivity index (χ4v) is 3.00. The maximum absolute atomic E-state index is 9.62. The first kappa shape index (κ1) is 20.7. The zero-order valence-electron chi connectivity index (χ0n) is 15.8. The van der Waals surface area contributed by atoms with Crippen LogP contribution in [0.2, 0.25) is 0 Å². The predicted molar refractivity (Wildman–Crippen MR) is 105 cm³/mol. The first-order chi connectivity index (χ1) is 12.8. The summed E-state index contributed by atoms with van der Waals surface area (Å²) < 4.78 is 11.1. The van der Waals surface area contributed by atoms with Crippen molar-refractivity contribution in [3.05, 3.63) is 35.9 Å². The molecule has 1 atom stereocenters. The van der Waals surface area contributed by atoms with Gasteiger partial charge in [0.1, 0.15) is 0 Å². The summed E-state index contributed by atoms with van der Waals surface area (Å²) in [5, 5.41) is 16.2. The first-order valence-electron chi connectivity index (χ1n) is 9.59. The van der Waals surface area contributed by atoms with Gasteiger partial charge < -0.3 is 25.2 Å². The van der Waals surface area contributed by atoms with E-state index in [1.54, 1.807) is 7.05 Å². The fourth-order valence-electron chi connectivity index (χ4n) is 3.00. The fraction of sp³-hybridized carbons (Fsp3) is 0.650. The van der Waals surface area contributed by atoms with E-state index in [0.29, 0.717) is 12.5 Å². The Balaban J connectivity index is 1.57. The molecule has 1 saturated heterocycles. The molecule has 1 aromatic carbocycles. The number of aliphatic imine (C=N–C) groups is 1. The van der Waals surface area contributed by atoms with Crippen molar-refractivity contribution in [1.82, 2.24) is 10.6 Å². The Morgan fingerprint density at radius 3 is 2.73 bits per heavy atom. The molecule has 6 nitrogen and oxygen atoms in total. The molecule has 0 aliphatic carbocycles. The number of nitrogens with zero attached hydrogens (tertiary/aromatic N) is 1. The Bertz CT molecular complexity index is 504. The van der Waals surface area contributed by atoms with Crippen molar-refractivity contribution in [3.63, 3.8) is 0 Å². The number of rotatable bonds is 10. The molecule has 0 spiro atoms. The molecule has 146 valence electrons. The summed E-state index contributed by atoms with van der Waals surface area (Å²) in [5.41, 5.74) is 1.12. The van der Waals surface area contributed by atoms with Crippen LogP contribution in [0.4, 0.5) is 0 Å². The molecule has 0 radical (unpaired) electrons. The third kappa shape index (κ3) is 7.72. The summed E-state index contributed by atoms with van der Waals surface area (Å²) in [6.45, 7) is 4.89. The van der Waals surface area contributed by atoms with Gasteiger partial charge in [-0.05, 0) is 30.7 Å². The lowest BCUT2D eigenvalue weighted by Crippen LogP contribution is -2.40. The maximum atomic E-state index is 9.62. The summed E-state index contributed by atoms with van der Waals surface area (Å²) in [4.78, 5) is 4.24. The van der Waals surface area contributed by atoms with Crippen LogP contribution in [-0.4, -0.2) is 64.2 Å². The number of ether oxygens (including phenoxy) is 2. The summed E-state index contributed by atoms with van der Waals surface area (Å²) in [6.07, 6.45) is 3.16. The second kappa shape index (κ2) is 12.7. The molecule has 0 aromatic heterocycles. The van der Waals surface area contributed by atoms with Crippen molar-refractivity contribution in [2.45, 2.75) is 25.2 Å². The quantitative estimate of drug-likeness (QED) is 0.336. The Morgan fingerprint density at radius 1 is 1.27 bits per heavy atom. The van der Waals surface area contributed by atoms with E-state index in [0.717, 1.165) is 63.8 Å². The van der Waals surface area contributed by atoms with E-state index in [1.165, 1.54) is 0 Å². The summed E-state index contributed by atoms with van der Waals surface area (Å²) >= 11 is 0. The summed E-state index contributed by atoms with van der Waals surface area (Å²) in [5.74, 6) is 1.46. The lowest BCUT2D eigenvalue weighted by Gasteiger charge is -2.21. The first-order valence-corrected chi connectivity index (χ1v) is 9.59. The predicted octanol–water partition coefficient (Wildman–Crippen LogP) is 1.76. The van der Waals surface area contributed by atoms with Gasteiger partial charge in [0.05, 0.1) is 6.61 Å². The van der Waals surface area contributed by atoms with Crippen LogP contribution < -0.4 is 10.6 Å². The number of aliphatic hydroxyl groups is 1. The zero-order valence-corrected chi connectivity index (χ0v) is 15.8. The Morgan fingerprint density at radius 2 is 2.04 bits per heavy atom. The van der Waals surface area contributed by atoms with Gasteiger partial charge in [0.25, 0.3) is 0 Å². The van der Waals surface area contributed by atoms with Gasteiger partial charge in [0, 0.05) is 52.5 Å². The molecule has 3 N–H and O–H groups in total. The molecule has 2 rings (SSSR count). The van der Waals surface area contributed by atoms with Crippen molar-refractivity contribution < 1.29 is 14.6 Å². The molecule has 26 heavy (non-hydrogen) atoms. The third-order valence-corrected chi connectivity index (χ3v) is 4.68. The number of benzene rings is 1. The van der Waals surface area contributed by atoms with Crippen LogP contribution in [0.1, 0.15) is 30.7 Å². The van der Waals surface area contributed by atoms with Gasteiger partial charge in [0.2, 0.25) is 0 Å². The van der Waals surface area contributed by atoms with E-state index >= 15 is 0 Å². The van der Waals surface area contributed by atoms with E-state index in [9.17, 15) is 5.11 Å². The number of hydrogen-bond donors (Lipinski definition) is 3. The Hall–Kier alpha value is -1.63. The van der Waals surface area contributed by atoms with Crippen LogP contribution in [-0.2, 0) is 9.47 Å². The highest BCUT2D eigenvalue weighted by Gasteiger charge is 2.13. The van der Waals surface area contributed by atoms with Gasteiger partial charge in [-0.3, -0.25) is 4.99 Å². The topological polar surface area (TPSA) is 75.1 Å². The lowest BCUT2D eigenvalue weighted by atomic mass is 10.0. The van der Waals surface area contributed by atoms with E-state index in [1.807, 2.05) is 30.3 Å². The van der Waals surface area contributed by atoms with Crippen LogP contribution in [0.3, 0.4) is 0 Å². The minimum absolute atomic E-state index is 0.0533. The SMILES string of the molecule is CN=C(NCCCOCC1CCOCC1)NCC(CO)c1ccccc1. The Kier molecular flexibility index (Phi) is 10.1. The summed E-state index contributed by atoms with van der Waals surface area (Å²) in [7, 11) is 1.76. The van der Waals surface area contributed by atoms with E-state index in [-0.39, 0.29) is 12.5 Å². The normalized spacial score (nSPS) is 17.1. The van der Waals surface area contributed by atoms with Gasteiger partial charge in [-0.15, -0.1) is 0 Å². The van der Waals surface area contributed by atoms with Crippen molar-refractivity contribution in [3.8, 4) is 0 Å². The average Bonchev–Trinajstić information content (AvgIpc) is 2.71. The second-order valence-electron chi connectivity index (χ2n) is 6.65. The minimum Gasteiger partial charge on any atom is -0.396 e. The van der Waals surface area contributed by atoms with Crippen molar-refractivity contribution in [1.29, 1.82) is 0 Å². The molecular weight excluding hydrogens is 330 g/mol. The molecular formula is C20H33N3O3. The smallest absolute Gasteiger partial charge is 0.191 e. The van der Waals surface area contributed by atoms with E-state index in [4.69, 9.17) is 9.47 Å². The molecule has 0 bridgehead atoms. The van der Waals surface area contributed by atoms with Gasteiger partial charge in [0.15, 0.2) is 5.96 Å². The molecule has 1 fully saturated rings. The highest BCUT2D eigenvalue weighted by molar-refractivity contribution is 5.79. The van der Waals surface area contributed by atoms with Crippen LogP contribution in [0.5, 0.6) is 0 Å². The van der Waals surface area contributed by atoms with Crippen molar-refractivity contribution in [2.24, 2.45) is 10.9 Å². The Labute approximate surface area is 157 Å². The standard InChI is InChI=1S/C20H33N3O3/c1-21-20(23-14-19(15-24)18-6-3-2-4-7-18)22-10-5-11-26-16-17-8-12-25-13-9-17/h2-4,6-7,17,19,24H,5,8-16H2,1H3,(H2,21,22,23). The third-order valence-electron chi connectivity index (χ3n) is 4.68. The molecule has 1 aliphatic rings. The van der Waals surface area contributed by atoms with Crippen LogP contribution in [0.25, 0.3) is 0 Å². The maximum Gasteiger partial charge on any atom is 0.191 e. The van der Waals surface area contributed by atoms with Crippen LogP contribution in [0.15, 0.2) is 35.3 Å². The minimum atomic E-state index is 0.0533. The van der Waals surface area contributed by atoms with Crippen molar-refractivity contribution in [2.75, 3.05) is 53.2 Å². The average molecular weight is 364 g/mol. The molecule has 1 aliphatic heterocycles. The molecule has 6 heteroatoms. The van der Waals surface area contributed by atoms with Crippen molar-refractivity contribution >= 4 is 5.96 Å². The molecule has 0 amide bonds. The van der Waals surface area contributed by atoms with E-state index < -0.39 is 0 Å². The van der Waals surface area contributed by atoms with Gasteiger partial charge in [-0.2, -0.15) is 0 Å². The largest absolute Gasteiger partial charge is 0.396 e. The van der Waals surface area contributed by atoms with E-state index in [2.05, 4.69) is 15.6 Å². The monoisotopic (exact) mass is 363 g/mol. The van der Waals surface area contributed by atoms with Crippen LogP contribution in [0, 0.1) is 5.92 Å². The highest BCUT2D eigenvalue weighted by Crippen LogP contribution is 2.15. The molecule has 1 unspecified atom stereocenters. The van der Waals surface area contributed by atoms with Gasteiger partial charge in [-0.25, -0.2) is 0 Å². The number of aliphatic hydroxyl groups excluding tert-OH is 1. The molecule has 0 saturated carbocycles. The lowest BCUT2D eigenvalue weighted by molar-refractivity contribution is 0.0203. The summed E-state index contributed by atoms with van der Waals surface area (Å²) in [6, 6.07) is 10.0. The van der Waals surface area contributed by atoms with Gasteiger partial charge >= 0.3 is 0 Å². The number of guanidine groups is 1. The highest BCUT2D eigenvalue weighted by atomic mass is 16.5. The van der Waals surface area contributed by atoms with Crippen LogP contribution >= 0.6 is 0 Å². The molecule has 1 aromatic rings. The van der Waals surface area contributed by atoms with Gasteiger partial charge in [-0.1, -0.05) is 30.3 Å². The number of nitrogens with one attached hydrogen (secondary N) is 2.